The predicted octanol–water partition coefficient (Wildman–Crippen LogP) is 4.14. The third-order valence-corrected chi connectivity index (χ3v) is 6.47. The number of nitrogens with one attached hydrogen (secondary N) is 2. The van der Waals surface area contributed by atoms with Crippen molar-refractivity contribution >= 4 is 17.8 Å². The van der Waals surface area contributed by atoms with E-state index in [2.05, 4.69) is 23.8 Å². The second-order valence-electron chi connectivity index (χ2n) is 9.29. The number of allylic oxidation sites excluding steroid dienone is 2. The molecule has 0 spiro atoms. The summed E-state index contributed by atoms with van der Waals surface area (Å²) in [4.78, 5) is 38.1. The second kappa shape index (κ2) is 15.1. The Balaban J connectivity index is 1.96. The fraction of sp³-hybridized carbons (Fsp3) is 0.536. The molecule has 2 amide bonds. The van der Waals surface area contributed by atoms with Gasteiger partial charge in [0.15, 0.2) is 0 Å². The summed E-state index contributed by atoms with van der Waals surface area (Å²) in [6, 6.07) is 9.29. The topological polar surface area (TPSA) is 105 Å². The quantitative estimate of drug-likeness (QED) is 0.186. The number of benzene rings is 1. The van der Waals surface area contributed by atoms with E-state index in [4.69, 9.17) is 4.74 Å². The molecule has 192 valence electrons. The molecule has 1 aromatic carbocycles. The maximum absolute atomic E-state index is 13.0. The Labute approximate surface area is 209 Å². The van der Waals surface area contributed by atoms with E-state index in [1.807, 2.05) is 36.4 Å². The van der Waals surface area contributed by atoms with Gasteiger partial charge in [-0.1, -0.05) is 55.3 Å². The Kier molecular flexibility index (Phi) is 12.2. The number of carbonyl (C=O) groups excluding carboxylic acids is 3. The van der Waals surface area contributed by atoms with Crippen molar-refractivity contribution in [3.05, 3.63) is 61.2 Å². The lowest BCUT2D eigenvalue weighted by Gasteiger charge is -2.29. The van der Waals surface area contributed by atoms with Crippen molar-refractivity contribution in [1.82, 2.24) is 10.6 Å². The van der Waals surface area contributed by atoms with Crippen LogP contribution in [0.25, 0.3) is 0 Å². The number of hydrogen-bond donors (Lipinski definition) is 3. The Bertz CT molecular complexity index is 833. The first kappa shape index (κ1) is 28.3. The van der Waals surface area contributed by atoms with E-state index in [0.29, 0.717) is 19.3 Å². The molecule has 2 rings (SSSR count). The summed E-state index contributed by atoms with van der Waals surface area (Å²) in [6.07, 6.45) is 9.30. The van der Waals surface area contributed by atoms with Crippen LogP contribution in [0.2, 0.25) is 0 Å². The summed E-state index contributed by atoms with van der Waals surface area (Å²) in [5.41, 5.74) is 0.210. The van der Waals surface area contributed by atoms with Crippen LogP contribution < -0.4 is 10.6 Å². The van der Waals surface area contributed by atoms with E-state index in [9.17, 15) is 19.5 Å². The molecular weight excluding hydrogens is 444 g/mol. The molecule has 35 heavy (non-hydrogen) atoms. The van der Waals surface area contributed by atoms with Gasteiger partial charge in [0.2, 0.25) is 11.8 Å². The van der Waals surface area contributed by atoms with Crippen LogP contribution in [0.5, 0.6) is 0 Å². The highest BCUT2D eigenvalue weighted by Crippen LogP contribution is 2.29. The SMILES string of the molecule is C=CCCCCC(=O)OC(CNC(=O)C(CC=C)CC(=O)NC1(CO)CCCC1)c1ccccc1. The average Bonchev–Trinajstić information content (AvgIpc) is 3.33. The van der Waals surface area contributed by atoms with Crippen molar-refractivity contribution in [2.75, 3.05) is 13.2 Å². The summed E-state index contributed by atoms with van der Waals surface area (Å²) in [5.74, 6) is -1.47. The highest BCUT2D eigenvalue weighted by molar-refractivity contribution is 5.86. The van der Waals surface area contributed by atoms with Gasteiger partial charge in [-0.25, -0.2) is 0 Å². The maximum Gasteiger partial charge on any atom is 0.306 e. The number of hydrogen-bond acceptors (Lipinski definition) is 5. The highest BCUT2D eigenvalue weighted by Gasteiger charge is 2.35. The molecule has 0 aliphatic heterocycles. The lowest BCUT2D eigenvalue weighted by atomic mass is 9.95. The monoisotopic (exact) mass is 484 g/mol. The Morgan fingerprint density at radius 1 is 1.09 bits per heavy atom. The number of amides is 2. The fourth-order valence-corrected chi connectivity index (χ4v) is 4.44. The molecule has 1 saturated carbocycles. The third kappa shape index (κ3) is 9.68. The molecule has 7 heteroatoms. The van der Waals surface area contributed by atoms with E-state index >= 15 is 0 Å². The normalized spacial score (nSPS) is 16.0. The van der Waals surface area contributed by atoms with E-state index in [-0.39, 0.29) is 37.4 Å². The molecule has 0 radical (unpaired) electrons. The molecule has 1 aliphatic rings. The molecule has 1 aliphatic carbocycles. The van der Waals surface area contributed by atoms with Gasteiger partial charge in [-0.2, -0.15) is 0 Å². The number of ether oxygens (including phenoxy) is 1. The standard InChI is InChI=1S/C28H40N2O5/c1-3-5-6-10-16-26(33)35-24(22-14-8-7-9-15-22)20-29-27(34)23(13-4-2)19-25(32)30-28(21-31)17-11-12-18-28/h3-4,7-9,14-15,23-24,31H,1-2,5-6,10-13,16-21H2,(H,29,34)(H,30,32). The average molecular weight is 485 g/mol. The fourth-order valence-electron chi connectivity index (χ4n) is 4.44. The van der Waals surface area contributed by atoms with Crippen LogP contribution in [0.4, 0.5) is 0 Å². The molecule has 7 nitrogen and oxygen atoms in total. The van der Waals surface area contributed by atoms with Crippen molar-refractivity contribution in [2.24, 2.45) is 5.92 Å². The minimum atomic E-state index is -0.624. The highest BCUT2D eigenvalue weighted by atomic mass is 16.5. The zero-order valence-corrected chi connectivity index (χ0v) is 20.7. The number of carbonyl (C=O) groups is 3. The number of rotatable bonds is 16. The van der Waals surface area contributed by atoms with Gasteiger partial charge in [-0.05, 0) is 44.1 Å². The van der Waals surface area contributed by atoms with E-state index in [1.165, 1.54) is 0 Å². The first-order valence-corrected chi connectivity index (χ1v) is 12.6. The lowest BCUT2D eigenvalue weighted by Crippen LogP contribution is -2.50. The van der Waals surface area contributed by atoms with Crippen LogP contribution in [0.15, 0.2) is 55.6 Å². The van der Waals surface area contributed by atoms with Crippen LogP contribution in [-0.4, -0.2) is 41.6 Å². The van der Waals surface area contributed by atoms with Crippen LogP contribution in [-0.2, 0) is 19.1 Å². The number of unbranched alkanes of at least 4 members (excludes halogenated alkanes) is 2. The summed E-state index contributed by atoms with van der Waals surface area (Å²) < 4.78 is 5.70. The summed E-state index contributed by atoms with van der Waals surface area (Å²) in [6.45, 7) is 7.41. The third-order valence-electron chi connectivity index (χ3n) is 6.47. The molecule has 0 aromatic heterocycles. The Morgan fingerprint density at radius 2 is 1.80 bits per heavy atom. The molecule has 0 saturated heterocycles. The molecule has 3 N–H and O–H groups in total. The maximum atomic E-state index is 13.0. The van der Waals surface area contributed by atoms with Gasteiger partial charge in [-0.15, -0.1) is 13.2 Å². The summed E-state index contributed by atoms with van der Waals surface area (Å²) >= 11 is 0. The first-order valence-electron chi connectivity index (χ1n) is 12.6. The zero-order chi connectivity index (χ0) is 25.5. The molecule has 1 aromatic rings. The molecule has 0 heterocycles. The smallest absolute Gasteiger partial charge is 0.306 e. The van der Waals surface area contributed by atoms with E-state index in [1.54, 1.807) is 6.08 Å². The molecule has 1 fully saturated rings. The Morgan fingerprint density at radius 3 is 2.43 bits per heavy atom. The summed E-state index contributed by atoms with van der Waals surface area (Å²) in [7, 11) is 0. The van der Waals surface area contributed by atoms with Gasteiger partial charge in [0, 0.05) is 12.8 Å². The molecule has 2 atom stereocenters. The van der Waals surface area contributed by atoms with Crippen molar-refractivity contribution in [1.29, 1.82) is 0 Å². The predicted molar refractivity (Wildman–Crippen MR) is 136 cm³/mol. The molecule has 0 bridgehead atoms. The van der Waals surface area contributed by atoms with Gasteiger partial charge in [-0.3, -0.25) is 14.4 Å². The van der Waals surface area contributed by atoms with Gasteiger partial charge in [0.25, 0.3) is 0 Å². The number of esters is 1. The minimum Gasteiger partial charge on any atom is -0.456 e. The van der Waals surface area contributed by atoms with E-state index < -0.39 is 17.6 Å². The van der Waals surface area contributed by atoms with Crippen molar-refractivity contribution in [3.63, 3.8) is 0 Å². The van der Waals surface area contributed by atoms with Crippen LogP contribution in [0.3, 0.4) is 0 Å². The zero-order valence-electron chi connectivity index (χ0n) is 20.7. The van der Waals surface area contributed by atoms with Crippen molar-refractivity contribution < 1.29 is 24.2 Å². The van der Waals surface area contributed by atoms with Gasteiger partial charge < -0.3 is 20.5 Å². The van der Waals surface area contributed by atoms with Crippen LogP contribution in [0.1, 0.15) is 75.9 Å². The number of aliphatic hydroxyl groups excluding tert-OH is 1. The largest absolute Gasteiger partial charge is 0.456 e. The first-order chi connectivity index (χ1) is 16.9. The Hall–Kier alpha value is -2.93. The van der Waals surface area contributed by atoms with Crippen LogP contribution in [0, 0.1) is 5.92 Å². The van der Waals surface area contributed by atoms with Gasteiger partial charge in [0.05, 0.1) is 24.6 Å². The van der Waals surface area contributed by atoms with E-state index in [0.717, 1.165) is 44.1 Å². The second-order valence-corrected chi connectivity index (χ2v) is 9.29. The number of aliphatic hydroxyl groups is 1. The van der Waals surface area contributed by atoms with Gasteiger partial charge >= 0.3 is 5.97 Å². The lowest BCUT2D eigenvalue weighted by molar-refractivity contribution is -0.150. The minimum absolute atomic E-state index is 0.00129. The molecule has 2 unspecified atom stereocenters. The van der Waals surface area contributed by atoms with Gasteiger partial charge in [0.1, 0.15) is 6.10 Å². The molecular formula is C28H40N2O5. The van der Waals surface area contributed by atoms with Crippen LogP contribution >= 0.6 is 0 Å². The summed E-state index contributed by atoms with van der Waals surface area (Å²) in [5, 5.41) is 15.6. The van der Waals surface area contributed by atoms with Crippen molar-refractivity contribution in [3.8, 4) is 0 Å². The van der Waals surface area contributed by atoms with Crippen molar-refractivity contribution in [2.45, 2.75) is 75.9 Å².